The molecule has 0 aliphatic carbocycles. The minimum absolute atomic E-state index is 0.174. The number of ether oxygens (including phenoxy) is 1. The van der Waals surface area contributed by atoms with Gasteiger partial charge in [-0.15, -0.1) is 0 Å². The van der Waals surface area contributed by atoms with Crippen molar-refractivity contribution < 1.29 is 18.7 Å². The summed E-state index contributed by atoms with van der Waals surface area (Å²) in [7, 11) is 0. The number of nitrogens with one attached hydrogen (secondary N) is 2. The molecule has 0 radical (unpaired) electrons. The minimum Gasteiger partial charge on any atom is -0.459 e. The Morgan fingerprint density at radius 2 is 1.92 bits per heavy atom. The number of rotatable bonds is 10. The molecule has 6 heteroatoms. The number of aryl methyl sites for hydroxylation is 1. The lowest BCUT2D eigenvalue weighted by Gasteiger charge is -2.10. The van der Waals surface area contributed by atoms with E-state index in [2.05, 4.69) is 17.6 Å². The summed E-state index contributed by atoms with van der Waals surface area (Å²) < 4.78 is 10.6. The lowest BCUT2D eigenvalue weighted by Crippen LogP contribution is -2.25. The smallest absolute Gasteiger partial charge is 0.291 e. The molecule has 2 amide bonds. The van der Waals surface area contributed by atoms with Gasteiger partial charge in [-0.05, 0) is 49.6 Å². The van der Waals surface area contributed by atoms with E-state index in [9.17, 15) is 9.59 Å². The van der Waals surface area contributed by atoms with Crippen LogP contribution in [0, 0.1) is 6.92 Å². The fourth-order valence-electron chi connectivity index (χ4n) is 2.32. The first-order valence-electron chi connectivity index (χ1n) is 8.93. The maximum Gasteiger partial charge on any atom is 0.291 e. The second-order valence-electron chi connectivity index (χ2n) is 6.04. The van der Waals surface area contributed by atoms with Crippen molar-refractivity contribution in [3.05, 3.63) is 53.5 Å². The maximum absolute atomic E-state index is 12.3. The highest BCUT2D eigenvalue weighted by molar-refractivity contribution is 6.03. The first-order chi connectivity index (χ1) is 12.6. The lowest BCUT2D eigenvalue weighted by molar-refractivity contribution is 0.0938. The molecule has 6 nitrogen and oxygen atoms in total. The van der Waals surface area contributed by atoms with Gasteiger partial charge in [0, 0.05) is 31.0 Å². The third kappa shape index (κ3) is 6.04. The van der Waals surface area contributed by atoms with Crippen molar-refractivity contribution in [3.8, 4) is 0 Å². The van der Waals surface area contributed by atoms with Gasteiger partial charge in [0.25, 0.3) is 11.8 Å². The Labute approximate surface area is 153 Å². The van der Waals surface area contributed by atoms with Gasteiger partial charge in [0.15, 0.2) is 5.76 Å². The van der Waals surface area contributed by atoms with E-state index in [0.29, 0.717) is 24.4 Å². The first kappa shape index (κ1) is 19.7. The summed E-state index contributed by atoms with van der Waals surface area (Å²) in [5.41, 5.74) is 1.95. The standard InChI is InChI=1S/C20H26N2O4/c1-3-4-11-25-12-6-10-21-19(23)16-9-8-15(2)17(14-16)22-20(24)18-7-5-13-26-18/h5,7-9,13-14H,3-4,6,10-12H2,1-2H3,(H,21,23)(H,22,24). The SMILES string of the molecule is CCCCOCCCNC(=O)c1ccc(C)c(NC(=O)c2ccco2)c1. The Balaban J connectivity index is 1.85. The molecular formula is C20H26N2O4. The number of hydrogen-bond donors (Lipinski definition) is 2. The van der Waals surface area contributed by atoms with Crippen LogP contribution in [0.25, 0.3) is 0 Å². The van der Waals surface area contributed by atoms with Crippen LogP contribution in [-0.4, -0.2) is 31.6 Å². The van der Waals surface area contributed by atoms with Crippen molar-refractivity contribution in [1.82, 2.24) is 5.32 Å². The van der Waals surface area contributed by atoms with E-state index in [0.717, 1.165) is 31.4 Å². The zero-order chi connectivity index (χ0) is 18.8. The third-order valence-corrected chi connectivity index (χ3v) is 3.89. The fourth-order valence-corrected chi connectivity index (χ4v) is 2.32. The van der Waals surface area contributed by atoms with Crippen molar-refractivity contribution >= 4 is 17.5 Å². The molecule has 0 saturated heterocycles. The third-order valence-electron chi connectivity index (χ3n) is 3.89. The van der Waals surface area contributed by atoms with E-state index >= 15 is 0 Å². The summed E-state index contributed by atoms with van der Waals surface area (Å²) in [5, 5.41) is 5.64. The molecule has 0 aliphatic heterocycles. The highest BCUT2D eigenvalue weighted by atomic mass is 16.5. The average Bonchev–Trinajstić information content (AvgIpc) is 3.17. The molecule has 2 N–H and O–H groups in total. The van der Waals surface area contributed by atoms with Gasteiger partial charge in [-0.3, -0.25) is 9.59 Å². The fraction of sp³-hybridized carbons (Fsp3) is 0.400. The molecule has 0 bridgehead atoms. The van der Waals surface area contributed by atoms with Crippen LogP contribution in [0.1, 0.15) is 52.7 Å². The Hall–Kier alpha value is -2.60. The van der Waals surface area contributed by atoms with Gasteiger partial charge >= 0.3 is 0 Å². The highest BCUT2D eigenvalue weighted by Crippen LogP contribution is 2.18. The van der Waals surface area contributed by atoms with Crippen LogP contribution < -0.4 is 10.6 Å². The molecule has 0 unspecified atom stereocenters. The van der Waals surface area contributed by atoms with Gasteiger partial charge in [-0.2, -0.15) is 0 Å². The zero-order valence-corrected chi connectivity index (χ0v) is 15.3. The number of hydrogen-bond acceptors (Lipinski definition) is 4. The van der Waals surface area contributed by atoms with Crippen LogP contribution >= 0.6 is 0 Å². The van der Waals surface area contributed by atoms with Crippen LogP contribution in [0.5, 0.6) is 0 Å². The Morgan fingerprint density at radius 1 is 1.12 bits per heavy atom. The molecule has 1 heterocycles. The van der Waals surface area contributed by atoms with Gasteiger partial charge in [-0.25, -0.2) is 0 Å². The molecule has 2 rings (SSSR count). The van der Waals surface area contributed by atoms with Gasteiger partial charge in [0.1, 0.15) is 0 Å². The summed E-state index contributed by atoms with van der Waals surface area (Å²) in [4.78, 5) is 24.4. The van der Waals surface area contributed by atoms with E-state index in [-0.39, 0.29) is 17.6 Å². The molecule has 26 heavy (non-hydrogen) atoms. The number of unbranched alkanes of at least 4 members (excludes halogenated alkanes) is 1. The molecule has 140 valence electrons. The van der Waals surface area contributed by atoms with E-state index in [1.165, 1.54) is 6.26 Å². The molecule has 2 aromatic rings. The summed E-state index contributed by atoms with van der Waals surface area (Å²) in [6.45, 7) is 5.94. The Kier molecular flexibility index (Phi) is 7.89. The molecule has 0 aliphatic rings. The molecule has 0 spiro atoms. The first-order valence-corrected chi connectivity index (χ1v) is 8.93. The summed E-state index contributed by atoms with van der Waals surface area (Å²) >= 11 is 0. The predicted octanol–water partition coefficient (Wildman–Crippen LogP) is 3.78. The van der Waals surface area contributed by atoms with Crippen LogP contribution in [0.15, 0.2) is 41.0 Å². The number of furan rings is 1. The van der Waals surface area contributed by atoms with Gasteiger partial charge in [0.2, 0.25) is 0 Å². The Bertz CT molecular complexity index is 711. The number of amides is 2. The van der Waals surface area contributed by atoms with Gasteiger partial charge in [-0.1, -0.05) is 19.4 Å². The van der Waals surface area contributed by atoms with Gasteiger partial charge in [0.05, 0.1) is 6.26 Å². The normalized spacial score (nSPS) is 10.5. The van der Waals surface area contributed by atoms with E-state index in [4.69, 9.17) is 9.15 Å². The van der Waals surface area contributed by atoms with E-state index < -0.39 is 0 Å². The highest BCUT2D eigenvalue weighted by Gasteiger charge is 2.12. The topological polar surface area (TPSA) is 80.6 Å². The van der Waals surface area contributed by atoms with Crippen molar-refractivity contribution in [2.75, 3.05) is 25.1 Å². The lowest BCUT2D eigenvalue weighted by atomic mass is 10.1. The molecule has 1 aromatic carbocycles. The van der Waals surface area contributed by atoms with Crippen LogP contribution in [0.3, 0.4) is 0 Å². The monoisotopic (exact) mass is 358 g/mol. The second kappa shape index (κ2) is 10.4. The number of benzene rings is 1. The molecule has 1 aromatic heterocycles. The van der Waals surface area contributed by atoms with Crippen molar-refractivity contribution in [2.45, 2.75) is 33.1 Å². The van der Waals surface area contributed by atoms with Crippen LogP contribution in [0.2, 0.25) is 0 Å². The van der Waals surface area contributed by atoms with Gasteiger partial charge < -0.3 is 19.8 Å². The van der Waals surface area contributed by atoms with Crippen molar-refractivity contribution in [1.29, 1.82) is 0 Å². The van der Waals surface area contributed by atoms with Crippen molar-refractivity contribution in [3.63, 3.8) is 0 Å². The molecule has 0 fully saturated rings. The summed E-state index contributed by atoms with van der Waals surface area (Å²) in [5.74, 6) is -0.297. The second-order valence-corrected chi connectivity index (χ2v) is 6.04. The van der Waals surface area contributed by atoms with E-state index in [1.807, 2.05) is 6.92 Å². The minimum atomic E-state index is -0.347. The van der Waals surface area contributed by atoms with Crippen molar-refractivity contribution in [2.24, 2.45) is 0 Å². The zero-order valence-electron chi connectivity index (χ0n) is 15.3. The molecule has 0 saturated carbocycles. The predicted molar refractivity (Wildman–Crippen MR) is 101 cm³/mol. The largest absolute Gasteiger partial charge is 0.459 e. The van der Waals surface area contributed by atoms with Crippen LogP contribution in [0.4, 0.5) is 5.69 Å². The molecular weight excluding hydrogens is 332 g/mol. The van der Waals surface area contributed by atoms with E-state index in [1.54, 1.807) is 30.3 Å². The summed E-state index contributed by atoms with van der Waals surface area (Å²) in [6.07, 6.45) is 4.38. The average molecular weight is 358 g/mol. The summed E-state index contributed by atoms with van der Waals surface area (Å²) in [6, 6.07) is 8.45. The maximum atomic E-state index is 12.3. The number of carbonyl (C=O) groups excluding carboxylic acids is 2. The van der Waals surface area contributed by atoms with Crippen LogP contribution in [-0.2, 0) is 4.74 Å². The quantitative estimate of drug-likeness (QED) is 0.634. The number of anilines is 1. The Morgan fingerprint density at radius 3 is 2.65 bits per heavy atom. The number of carbonyl (C=O) groups is 2. The molecule has 0 atom stereocenters.